The van der Waals surface area contributed by atoms with Gasteiger partial charge in [-0.05, 0) is 79.6 Å². The molecular formula is C33H37N3O3. The highest BCUT2D eigenvalue weighted by Crippen LogP contribution is 2.55. The molecule has 3 fully saturated rings. The quantitative estimate of drug-likeness (QED) is 0.466. The number of likely N-dealkylation sites (N-methyl/N-ethyl adjacent to an activating group) is 1. The first-order valence-corrected chi connectivity index (χ1v) is 14.1. The van der Waals surface area contributed by atoms with Crippen LogP contribution in [0.1, 0.15) is 54.4 Å². The van der Waals surface area contributed by atoms with Crippen molar-refractivity contribution in [3.05, 3.63) is 101 Å². The molecule has 39 heavy (non-hydrogen) atoms. The normalized spacial score (nSPS) is 26.7. The number of ether oxygens (including phenoxy) is 1. The minimum atomic E-state index is -1.14. The molecule has 3 atom stereocenters. The summed E-state index contributed by atoms with van der Waals surface area (Å²) in [6, 6.07) is 25.6. The molecule has 4 aliphatic rings. The van der Waals surface area contributed by atoms with Gasteiger partial charge in [-0.15, -0.1) is 0 Å². The lowest BCUT2D eigenvalue weighted by atomic mass is 9.52. The Morgan fingerprint density at radius 3 is 2.21 bits per heavy atom. The van der Waals surface area contributed by atoms with Crippen LogP contribution in [0.5, 0.6) is 5.75 Å². The third-order valence-electron chi connectivity index (χ3n) is 9.60. The van der Waals surface area contributed by atoms with Crippen molar-refractivity contribution in [3.8, 4) is 5.75 Å². The van der Waals surface area contributed by atoms with Gasteiger partial charge in [0.05, 0.1) is 7.11 Å². The van der Waals surface area contributed by atoms with E-state index >= 15 is 0 Å². The minimum absolute atomic E-state index is 0.352. The summed E-state index contributed by atoms with van der Waals surface area (Å²) in [5.74, 6) is 1.56. The molecule has 2 aliphatic heterocycles. The SMILES string of the molecule is COc1ccc2c(c1)[C@@]13CCCC[C@H]1[C@@H](C2)N(C)CC3.O=C1NC(=O)C(c2ccccc2)(c2ccccc2)N1. The number of piperidine rings is 1. The Labute approximate surface area is 230 Å². The fraction of sp³-hybridized carbons (Fsp3) is 0.394. The van der Waals surface area contributed by atoms with Crippen LogP contribution < -0.4 is 15.4 Å². The monoisotopic (exact) mass is 523 g/mol. The number of nitrogens with one attached hydrogen (secondary N) is 2. The molecule has 3 aromatic rings. The molecule has 0 radical (unpaired) electrons. The number of methoxy groups -OCH3 is 1. The third kappa shape index (κ3) is 4.22. The number of urea groups is 1. The largest absolute Gasteiger partial charge is 0.497 e. The highest BCUT2D eigenvalue weighted by atomic mass is 16.5. The first kappa shape index (κ1) is 25.6. The standard InChI is InChI=1S/C18H25NO.C15H12N2O2/c1-19-10-9-18-8-4-3-5-15(18)17(19)11-13-6-7-14(20-2)12-16(13)18;18-13-15(17-14(19)16-13,11-7-3-1-4-8-11)12-9-5-2-6-10-12/h6-7,12,15,17H,3-5,8-11H2,1-2H3;1-10H,(H2,16,17,18,19)/t15-,17+,18+;/m0./s1. The molecule has 1 saturated carbocycles. The van der Waals surface area contributed by atoms with Gasteiger partial charge in [0.15, 0.2) is 5.54 Å². The summed E-state index contributed by atoms with van der Waals surface area (Å²) in [5, 5.41) is 5.07. The maximum atomic E-state index is 12.3. The molecule has 2 aliphatic carbocycles. The zero-order valence-corrected chi connectivity index (χ0v) is 22.8. The predicted molar refractivity (Wildman–Crippen MR) is 152 cm³/mol. The Hall–Kier alpha value is -3.64. The summed E-state index contributed by atoms with van der Waals surface area (Å²) in [6.07, 6.45) is 8.22. The molecule has 0 aromatic heterocycles. The van der Waals surface area contributed by atoms with E-state index in [0.717, 1.165) is 28.8 Å². The lowest BCUT2D eigenvalue weighted by Crippen LogP contribution is -2.59. The molecule has 2 N–H and O–H groups in total. The molecular weight excluding hydrogens is 486 g/mol. The van der Waals surface area contributed by atoms with Crippen LogP contribution in [-0.4, -0.2) is 43.6 Å². The average molecular weight is 524 g/mol. The topological polar surface area (TPSA) is 70.7 Å². The van der Waals surface area contributed by atoms with E-state index < -0.39 is 11.6 Å². The Balaban J connectivity index is 0.000000142. The zero-order valence-electron chi connectivity index (χ0n) is 22.8. The van der Waals surface area contributed by atoms with E-state index in [1.807, 2.05) is 60.7 Å². The van der Waals surface area contributed by atoms with Gasteiger partial charge < -0.3 is 15.0 Å². The number of hydrogen-bond donors (Lipinski definition) is 2. The molecule has 2 bridgehead atoms. The molecule has 0 unspecified atom stereocenters. The van der Waals surface area contributed by atoms with Gasteiger partial charge in [0, 0.05) is 11.5 Å². The Kier molecular flexibility index (Phi) is 6.67. The number of imide groups is 1. The minimum Gasteiger partial charge on any atom is -0.497 e. The van der Waals surface area contributed by atoms with Crippen molar-refractivity contribution < 1.29 is 14.3 Å². The Morgan fingerprint density at radius 1 is 0.897 bits per heavy atom. The lowest BCUT2D eigenvalue weighted by molar-refractivity contribution is -0.122. The number of hydrogen-bond acceptors (Lipinski definition) is 4. The van der Waals surface area contributed by atoms with Gasteiger partial charge >= 0.3 is 6.03 Å². The number of nitrogens with zero attached hydrogens (tertiary/aromatic N) is 1. The van der Waals surface area contributed by atoms with Gasteiger partial charge in [-0.2, -0.15) is 0 Å². The highest BCUT2D eigenvalue weighted by molar-refractivity contribution is 6.09. The van der Waals surface area contributed by atoms with E-state index in [-0.39, 0.29) is 5.91 Å². The van der Waals surface area contributed by atoms with Crippen molar-refractivity contribution in [2.45, 2.75) is 55.5 Å². The summed E-state index contributed by atoms with van der Waals surface area (Å²) in [5.41, 5.74) is 4.01. The van der Waals surface area contributed by atoms with Crippen LogP contribution in [0.3, 0.4) is 0 Å². The summed E-state index contributed by atoms with van der Waals surface area (Å²) >= 11 is 0. The second kappa shape index (κ2) is 10.2. The van der Waals surface area contributed by atoms with Gasteiger partial charge in [-0.3, -0.25) is 10.1 Å². The van der Waals surface area contributed by atoms with Crippen LogP contribution in [0, 0.1) is 5.92 Å². The second-order valence-electron chi connectivity index (χ2n) is 11.4. The van der Waals surface area contributed by atoms with Crippen molar-refractivity contribution in [2.75, 3.05) is 20.7 Å². The van der Waals surface area contributed by atoms with Crippen LogP contribution in [0.15, 0.2) is 78.9 Å². The number of rotatable bonds is 3. The molecule has 2 saturated heterocycles. The number of amides is 3. The van der Waals surface area contributed by atoms with E-state index in [1.165, 1.54) is 45.1 Å². The van der Waals surface area contributed by atoms with Crippen LogP contribution in [0.4, 0.5) is 4.79 Å². The second-order valence-corrected chi connectivity index (χ2v) is 11.4. The highest BCUT2D eigenvalue weighted by Gasteiger charge is 2.53. The van der Waals surface area contributed by atoms with Crippen LogP contribution in [0.2, 0.25) is 0 Å². The molecule has 202 valence electrons. The van der Waals surface area contributed by atoms with Crippen LogP contribution in [-0.2, 0) is 22.2 Å². The molecule has 7 rings (SSSR count). The van der Waals surface area contributed by atoms with Gasteiger partial charge in [-0.25, -0.2) is 4.79 Å². The molecule has 3 aromatic carbocycles. The van der Waals surface area contributed by atoms with Gasteiger partial charge in [-0.1, -0.05) is 79.6 Å². The number of fused-ring (bicyclic) bond motifs is 1. The summed E-state index contributed by atoms with van der Waals surface area (Å²) < 4.78 is 5.51. The van der Waals surface area contributed by atoms with E-state index in [4.69, 9.17) is 4.74 Å². The smallest absolute Gasteiger partial charge is 0.322 e. The van der Waals surface area contributed by atoms with Crippen molar-refractivity contribution in [1.82, 2.24) is 15.5 Å². The maximum absolute atomic E-state index is 12.3. The van der Waals surface area contributed by atoms with Crippen LogP contribution in [0.25, 0.3) is 0 Å². The van der Waals surface area contributed by atoms with E-state index in [0.29, 0.717) is 5.41 Å². The Bertz CT molecular complexity index is 1320. The van der Waals surface area contributed by atoms with E-state index in [2.05, 4.69) is 40.8 Å². The number of benzene rings is 3. The predicted octanol–water partition coefficient (Wildman–Crippen LogP) is 5.15. The maximum Gasteiger partial charge on any atom is 0.322 e. The average Bonchev–Trinajstić information content (AvgIpc) is 3.30. The fourth-order valence-corrected chi connectivity index (χ4v) is 7.71. The van der Waals surface area contributed by atoms with Gasteiger partial charge in [0.25, 0.3) is 5.91 Å². The van der Waals surface area contributed by atoms with Crippen molar-refractivity contribution in [1.29, 1.82) is 0 Å². The molecule has 6 nitrogen and oxygen atoms in total. The summed E-state index contributed by atoms with van der Waals surface area (Å²) in [6.45, 7) is 1.26. The summed E-state index contributed by atoms with van der Waals surface area (Å²) in [4.78, 5) is 26.5. The Morgan fingerprint density at radius 2 is 1.59 bits per heavy atom. The number of carbonyl (C=O) groups excluding carboxylic acids is 2. The summed E-state index contributed by atoms with van der Waals surface area (Å²) in [7, 11) is 4.12. The molecule has 3 amide bonds. The number of likely N-dealkylation sites (tertiary alicyclic amines) is 1. The van der Waals surface area contributed by atoms with Gasteiger partial charge in [0.2, 0.25) is 0 Å². The molecule has 0 spiro atoms. The first-order valence-electron chi connectivity index (χ1n) is 14.1. The van der Waals surface area contributed by atoms with Crippen molar-refractivity contribution in [2.24, 2.45) is 5.92 Å². The molecule has 2 heterocycles. The van der Waals surface area contributed by atoms with Crippen molar-refractivity contribution >= 4 is 11.9 Å². The van der Waals surface area contributed by atoms with E-state index in [1.54, 1.807) is 18.2 Å². The fourth-order valence-electron chi connectivity index (χ4n) is 7.71. The number of carbonyl (C=O) groups is 2. The third-order valence-corrected chi connectivity index (χ3v) is 9.60. The zero-order chi connectivity index (χ0) is 27.0. The van der Waals surface area contributed by atoms with Crippen molar-refractivity contribution in [3.63, 3.8) is 0 Å². The van der Waals surface area contributed by atoms with Gasteiger partial charge in [0.1, 0.15) is 5.75 Å². The lowest BCUT2D eigenvalue weighted by Gasteiger charge is -2.58. The van der Waals surface area contributed by atoms with Crippen LogP contribution >= 0.6 is 0 Å². The molecule has 6 heteroatoms. The first-order chi connectivity index (χ1) is 19.0. The van der Waals surface area contributed by atoms with E-state index in [9.17, 15) is 9.59 Å².